The molecule has 0 radical (unpaired) electrons. The molecule has 0 bridgehead atoms. The molecular weight excluding hydrogens is 306 g/mol. The Balaban J connectivity index is 4.60. The van der Waals surface area contributed by atoms with Gasteiger partial charge in [0.05, 0.1) is 0 Å². The summed E-state index contributed by atoms with van der Waals surface area (Å²) in [6, 6.07) is -2.01. The summed E-state index contributed by atoms with van der Waals surface area (Å²) in [5.41, 5.74) is 5.31. The quantitative estimate of drug-likeness (QED) is 0.335. The molecule has 0 aromatic heterocycles. The van der Waals surface area contributed by atoms with Crippen LogP contribution in [0.3, 0.4) is 0 Å². The number of carbonyl (C=O) groups is 4. The predicted molar refractivity (Wildman–Crippen MR) is 81.5 cm³/mol. The Hall–Kier alpha value is -2.16. The van der Waals surface area contributed by atoms with Gasteiger partial charge in [0.15, 0.2) is 0 Å². The molecule has 2 amide bonds. The third kappa shape index (κ3) is 9.46. The van der Waals surface area contributed by atoms with Crippen LogP contribution in [0.25, 0.3) is 0 Å². The number of aliphatic carboxylic acids is 2. The molecule has 23 heavy (non-hydrogen) atoms. The fourth-order valence-electron chi connectivity index (χ4n) is 1.76. The van der Waals surface area contributed by atoms with E-state index in [-0.39, 0.29) is 18.8 Å². The SMILES string of the molecule is CCC(C)C[C@H](NC(=O)CC[C@H](N)C(=O)O)C(=O)NCC(=O)O. The summed E-state index contributed by atoms with van der Waals surface area (Å²) in [6.07, 6.45) is 0.978. The Morgan fingerprint density at radius 3 is 2.26 bits per heavy atom. The Bertz CT molecular complexity index is 440. The molecule has 0 spiro atoms. The van der Waals surface area contributed by atoms with Gasteiger partial charge < -0.3 is 26.6 Å². The van der Waals surface area contributed by atoms with Gasteiger partial charge in [0.2, 0.25) is 11.8 Å². The van der Waals surface area contributed by atoms with Crippen molar-refractivity contribution >= 4 is 23.8 Å². The first kappa shape index (κ1) is 20.8. The van der Waals surface area contributed by atoms with Crippen molar-refractivity contribution in [3.63, 3.8) is 0 Å². The van der Waals surface area contributed by atoms with Gasteiger partial charge in [0, 0.05) is 6.42 Å². The van der Waals surface area contributed by atoms with Crippen molar-refractivity contribution < 1.29 is 29.4 Å². The van der Waals surface area contributed by atoms with Crippen LogP contribution in [-0.2, 0) is 19.2 Å². The second-order valence-corrected chi connectivity index (χ2v) is 5.46. The van der Waals surface area contributed by atoms with Crippen molar-refractivity contribution in [2.45, 2.75) is 51.6 Å². The third-order valence-electron chi connectivity index (χ3n) is 3.40. The van der Waals surface area contributed by atoms with E-state index in [1.165, 1.54) is 0 Å². The zero-order chi connectivity index (χ0) is 18.0. The Morgan fingerprint density at radius 2 is 1.78 bits per heavy atom. The van der Waals surface area contributed by atoms with Crippen LogP contribution in [-0.4, -0.2) is 52.6 Å². The number of nitrogens with one attached hydrogen (secondary N) is 2. The smallest absolute Gasteiger partial charge is 0.322 e. The van der Waals surface area contributed by atoms with E-state index in [1.54, 1.807) is 0 Å². The van der Waals surface area contributed by atoms with Crippen molar-refractivity contribution in [3.8, 4) is 0 Å². The van der Waals surface area contributed by atoms with E-state index in [0.717, 1.165) is 6.42 Å². The van der Waals surface area contributed by atoms with Crippen molar-refractivity contribution in [3.05, 3.63) is 0 Å². The number of nitrogens with two attached hydrogens (primary N) is 1. The summed E-state index contributed by atoms with van der Waals surface area (Å²) < 4.78 is 0. The Morgan fingerprint density at radius 1 is 1.17 bits per heavy atom. The number of carboxylic acids is 2. The maximum Gasteiger partial charge on any atom is 0.322 e. The first-order valence-electron chi connectivity index (χ1n) is 7.44. The van der Waals surface area contributed by atoms with Gasteiger partial charge in [0.25, 0.3) is 0 Å². The molecule has 6 N–H and O–H groups in total. The highest BCUT2D eigenvalue weighted by Gasteiger charge is 2.23. The molecule has 1 unspecified atom stereocenters. The number of hydrogen-bond donors (Lipinski definition) is 5. The monoisotopic (exact) mass is 331 g/mol. The second-order valence-electron chi connectivity index (χ2n) is 5.46. The highest BCUT2D eigenvalue weighted by molar-refractivity contribution is 5.89. The normalized spacial score (nSPS) is 14.4. The molecule has 0 heterocycles. The maximum absolute atomic E-state index is 12.0. The van der Waals surface area contributed by atoms with Crippen LogP contribution >= 0.6 is 0 Å². The van der Waals surface area contributed by atoms with E-state index in [4.69, 9.17) is 15.9 Å². The number of amides is 2. The fourth-order valence-corrected chi connectivity index (χ4v) is 1.76. The summed E-state index contributed by atoms with van der Waals surface area (Å²) in [5, 5.41) is 22.0. The molecule has 0 saturated carbocycles. The number of carboxylic acid groups (broad SMARTS) is 2. The second kappa shape index (κ2) is 10.5. The lowest BCUT2D eigenvalue weighted by molar-refractivity contribution is -0.139. The van der Waals surface area contributed by atoms with Gasteiger partial charge in [0.1, 0.15) is 18.6 Å². The van der Waals surface area contributed by atoms with Crippen molar-refractivity contribution in [2.75, 3.05) is 6.54 Å². The predicted octanol–water partition coefficient (Wildman–Crippen LogP) is -0.700. The maximum atomic E-state index is 12.0. The Kier molecular flexibility index (Phi) is 9.56. The molecule has 0 aliphatic heterocycles. The molecule has 0 rings (SSSR count). The lowest BCUT2D eigenvalue weighted by Crippen LogP contribution is -2.48. The van der Waals surface area contributed by atoms with Crippen LogP contribution in [0, 0.1) is 5.92 Å². The average Bonchev–Trinajstić information content (AvgIpc) is 2.48. The van der Waals surface area contributed by atoms with E-state index in [0.29, 0.717) is 6.42 Å². The first-order chi connectivity index (χ1) is 10.7. The van der Waals surface area contributed by atoms with Crippen LogP contribution in [0.15, 0.2) is 0 Å². The number of hydrogen-bond acceptors (Lipinski definition) is 5. The van der Waals surface area contributed by atoms with Gasteiger partial charge in [-0.1, -0.05) is 20.3 Å². The highest BCUT2D eigenvalue weighted by atomic mass is 16.4. The van der Waals surface area contributed by atoms with E-state index < -0.39 is 42.4 Å². The van der Waals surface area contributed by atoms with E-state index in [1.807, 2.05) is 13.8 Å². The van der Waals surface area contributed by atoms with Gasteiger partial charge in [-0.2, -0.15) is 0 Å². The highest BCUT2D eigenvalue weighted by Crippen LogP contribution is 2.10. The average molecular weight is 331 g/mol. The van der Waals surface area contributed by atoms with E-state index >= 15 is 0 Å². The topological polar surface area (TPSA) is 159 Å². The number of rotatable bonds is 11. The molecule has 0 aromatic carbocycles. The van der Waals surface area contributed by atoms with Crippen LogP contribution < -0.4 is 16.4 Å². The minimum atomic E-state index is -1.20. The molecule has 0 aliphatic rings. The zero-order valence-electron chi connectivity index (χ0n) is 13.4. The Labute approximate surface area is 134 Å². The molecule has 9 nitrogen and oxygen atoms in total. The number of carbonyl (C=O) groups excluding carboxylic acids is 2. The van der Waals surface area contributed by atoms with Gasteiger partial charge in [-0.3, -0.25) is 19.2 Å². The molecule has 3 atom stereocenters. The lowest BCUT2D eigenvalue weighted by Gasteiger charge is -2.21. The van der Waals surface area contributed by atoms with E-state index in [2.05, 4.69) is 10.6 Å². The summed E-state index contributed by atoms with van der Waals surface area (Å²) in [4.78, 5) is 44.9. The zero-order valence-corrected chi connectivity index (χ0v) is 13.4. The summed E-state index contributed by atoms with van der Waals surface area (Å²) in [5.74, 6) is -3.31. The third-order valence-corrected chi connectivity index (χ3v) is 3.40. The summed E-state index contributed by atoms with van der Waals surface area (Å²) in [6.45, 7) is 3.31. The van der Waals surface area contributed by atoms with Gasteiger partial charge >= 0.3 is 11.9 Å². The molecular formula is C14H25N3O6. The molecule has 132 valence electrons. The molecule has 0 fully saturated rings. The van der Waals surface area contributed by atoms with Crippen molar-refractivity contribution in [2.24, 2.45) is 11.7 Å². The summed E-state index contributed by atoms with van der Waals surface area (Å²) >= 11 is 0. The van der Waals surface area contributed by atoms with Gasteiger partial charge in [-0.05, 0) is 18.8 Å². The molecule has 0 aromatic rings. The van der Waals surface area contributed by atoms with Crippen LogP contribution in [0.4, 0.5) is 0 Å². The van der Waals surface area contributed by atoms with Crippen LogP contribution in [0.2, 0.25) is 0 Å². The van der Waals surface area contributed by atoms with E-state index in [9.17, 15) is 19.2 Å². The van der Waals surface area contributed by atoms with Crippen molar-refractivity contribution in [1.82, 2.24) is 10.6 Å². The minimum Gasteiger partial charge on any atom is -0.480 e. The standard InChI is InChI=1S/C14H25N3O6/c1-3-8(2)6-10(13(21)16-7-12(19)20)17-11(18)5-4-9(15)14(22)23/h8-10H,3-7,15H2,1-2H3,(H,16,21)(H,17,18)(H,19,20)(H,22,23)/t8?,9-,10-/m0/s1. The van der Waals surface area contributed by atoms with Crippen molar-refractivity contribution in [1.29, 1.82) is 0 Å². The first-order valence-corrected chi connectivity index (χ1v) is 7.44. The van der Waals surface area contributed by atoms with Gasteiger partial charge in [-0.25, -0.2) is 0 Å². The molecule has 0 aliphatic carbocycles. The fraction of sp³-hybridized carbons (Fsp3) is 0.714. The van der Waals surface area contributed by atoms with Crippen LogP contribution in [0.5, 0.6) is 0 Å². The summed E-state index contributed by atoms with van der Waals surface area (Å²) in [7, 11) is 0. The lowest BCUT2D eigenvalue weighted by atomic mass is 9.98. The van der Waals surface area contributed by atoms with Gasteiger partial charge in [-0.15, -0.1) is 0 Å². The molecule has 0 saturated heterocycles. The minimum absolute atomic E-state index is 0.0477. The molecule has 9 heteroatoms. The van der Waals surface area contributed by atoms with Crippen LogP contribution in [0.1, 0.15) is 39.5 Å². The largest absolute Gasteiger partial charge is 0.480 e.